The average Bonchev–Trinajstić information content (AvgIpc) is 2.47. The standard InChI is InChI=1S/C17H17N5/c1-12-5-3-7-14(9-12)20-16-18-11-19-17(22-16)21-15-8-4-6-13(2)10-15/h3-11H,1-2H3,(H2,18,19,20,21,22). The van der Waals surface area contributed by atoms with Gasteiger partial charge in [-0.3, -0.25) is 0 Å². The summed E-state index contributed by atoms with van der Waals surface area (Å²) in [4.78, 5) is 12.7. The summed E-state index contributed by atoms with van der Waals surface area (Å²) in [5.41, 5.74) is 4.26. The van der Waals surface area contributed by atoms with E-state index in [1.165, 1.54) is 17.5 Å². The fraction of sp³-hybridized carbons (Fsp3) is 0.118. The molecule has 0 atom stereocenters. The molecule has 1 heterocycles. The number of hydrogen-bond donors (Lipinski definition) is 2. The summed E-state index contributed by atoms with van der Waals surface area (Å²) in [5, 5.41) is 6.36. The lowest BCUT2D eigenvalue weighted by Gasteiger charge is -2.08. The minimum atomic E-state index is 0.510. The van der Waals surface area contributed by atoms with Gasteiger partial charge in [0.1, 0.15) is 6.33 Å². The molecule has 5 heteroatoms. The first-order valence-electron chi connectivity index (χ1n) is 7.05. The van der Waals surface area contributed by atoms with Crippen LogP contribution in [0.3, 0.4) is 0 Å². The lowest BCUT2D eigenvalue weighted by atomic mass is 10.2. The number of anilines is 4. The van der Waals surface area contributed by atoms with Crippen molar-refractivity contribution >= 4 is 23.3 Å². The Morgan fingerprint density at radius 2 is 1.23 bits per heavy atom. The van der Waals surface area contributed by atoms with Crippen LogP contribution in [0, 0.1) is 13.8 Å². The summed E-state index contributed by atoms with van der Waals surface area (Å²) in [6.07, 6.45) is 1.49. The van der Waals surface area contributed by atoms with Crippen LogP contribution in [-0.4, -0.2) is 15.0 Å². The molecule has 0 aliphatic rings. The van der Waals surface area contributed by atoms with Crippen molar-refractivity contribution in [1.29, 1.82) is 0 Å². The van der Waals surface area contributed by atoms with Gasteiger partial charge >= 0.3 is 0 Å². The monoisotopic (exact) mass is 291 g/mol. The minimum Gasteiger partial charge on any atom is -0.324 e. The van der Waals surface area contributed by atoms with Gasteiger partial charge < -0.3 is 10.6 Å². The molecule has 0 bridgehead atoms. The van der Waals surface area contributed by atoms with Gasteiger partial charge in [0.25, 0.3) is 0 Å². The average molecular weight is 291 g/mol. The van der Waals surface area contributed by atoms with Gasteiger partial charge in [0.15, 0.2) is 0 Å². The van der Waals surface area contributed by atoms with E-state index in [4.69, 9.17) is 0 Å². The molecule has 0 saturated heterocycles. The van der Waals surface area contributed by atoms with Crippen LogP contribution in [0.5, 0.6) is 0 Å². The van der Waals surface area contributed by atoms with Crippen LogP contribution in [0.2, 0.25) is 0 Å². The predicted octanol–water partition coefficient (Wildman–Crippen LogP) is 3.98. The van der Waals surface area contributed by atoms with Crippen molar-refractivity contribution in [3.8, 4) is 0 Å². The number of aromatic nitrogens is 3. The molecule has 0 radical (unpaired) electrons. The minimum absolute atomic E-state index is 0.510. The molecule has 3 aromatic rings. The zero-order valence-corrected chi connectivity index (χ0v) is 12.5. The number of hydrogen-bond acceptors (Lipinski definition) is 5. The first kappa shape index (κ1) is 14.0. The van der Waals surface area contributed by atoms with E-state index in [-0.39, 0.29) is 0 Å². The quantitative estimate of drug-likeness (QED) is 0.761. The molecule has 0 aliphatic carbocycles. The van der Waals surface area contributed by atoms with E-state index < -0.39 is 0 Å². The second-order valence-corrected chi connectivity index (χ2v) is 5.12. The Bertz CT molecular complexity index is 723. The summed E-state index contributed by atoms with van der Waals surface area (Å²) in [7, 11) is 0. The smallest absolute Gasteiger partial charge is 0.232 e. The fourth-order valence-corrected chi connectivity index (χ4v) is 2.12. The van der Waals surface area contributed by atoms with Gasteiger partial charge in [-0.25, -0.2) is 9.97 Å². The molecule has 0 amide bonds. The molecule has 22 heavy (non-hydrogen) atoms. The van der Waals surface area contributed by atoms with E-state index in [9.17, 15) is 0 Å². The Labute approximate surface area is 129 Å². The van der Waals surface area contributed by atoms with Crippen molar-refractivity contribution in [1.82, 2.24) is 15.0 Å². The van der Waals surface area contributed by atoms with Crippen LogP contribution in [-0.2, 0) is 0 Å². The summed E-state index contributed by atoms with van der Waals surface area (Å²) < 4.78 is 0. The normalized spacial score (nSPS) is 10.3. The van der Waals surface area contributed by atoms with Gasteiger partial charge in [0, 0.05) is 11.4 Å². The van der Waals surface area contributed by atoms with E-state index >= 15 is 0 Å². The molecular weight excluding hydrogens is 274 g/mol. The molecule has 0 unspecified atom stereocenters. The highest BCUT2D eigenvalue weighted by molar-refractivity contribution is 5.58. The van der Waals surface area contributed by atoms with E-state index in [1.54, 1.807) is 0 Å². The summed E-state index contributed by atoms with van der Waals surface area (Å²) >= 11 is 0. The number of nitrogens with zero attached hydrogens (tertiary/aromatic N) is 3. The fourth-order valence-electron chi connectivity index (χ4n) is 2.12. The maximum Gasteiger partial charge on any atom is 0.232 e. The van der Waals surface area contributed by atoms with E-state index in [0.29, 0.717) is 11.9 Å². The molecule has 0 saturated carbocycles. The highest BCUT2D eigenvalue weighted by Crippen LogP contribution is 2.17. The molecule has 110 valence electrons. The van der Waals surface area contributed by atoms with Crippen molar-refractivity contribution in [3.63, 3.8) is 0 Å². The molecular formula is C17H17N5. The van der Waals surface area contributed by atoms with Crippen LogP contribution in [0.4, 0.5) is 23.3 Å². The first-order valence-corrected chi connectivity index (χ1v) is 7.05. The van der Waals surface area contributed by atoms with Crippen LogP contribution in [0.1, 0.15) is 11.1 Å². The predicted molar refractivity (Wildman–Crippen MR) is 88.8 cm³/mol. The Morgan fingerprint density at radius 1 is 0.727 bits per heavy atom. The zero-order chi connectivity index (χ0) is 15.4. The third kappa shape index (κ3) is 3.58. The van der Waals surface area contributed by atoms with Crippen molar-refractivity contribution < 1.29 is 0 Å². The van der Waals surface area contributed by atoms with Crippen LogP contribution >= 0.6 is 0 Å². The third-order valence-electron chi connectivity index (χ3n) is 3.12. The van der Waals surface area contributed by atoms with Gasteiger partial charge in [-0.05, 0) is 49.2 Å². The number of aryl methyl sites for hydroxylation is 2. The van der Waals surface area contributed by atoms with Crippen molar-refractivity contribution in [2.45, 2.75) is 13.8 Å². The molecule has 2 N–H and O–H groups in total. The van der Waals surface area contributed by atoms with Gasteiger partial charge in [0.05, 0.1) is 0 Å². The summed E-state index contributed by atoms with van der Waals surface area (Å²) in [5.74, 6) is 1.02. The Balaban J connectivity index is 1.78. The van der Waals surface area contributed by atoms with Crippen LogP contribution in [0.15, 0.2) is 54.9 Å². The maximum atomic E-state index is 4.38. The van der Waals surface area contributed by atoms with Crippen molar-refractivity contribution in [2.75, 3.05) is 10.6 Å². The second kappa shape index (κ2) is 6.22. The van der Waals surface area contributed by atoms with Crippen molar-refractivity contribution in [3.05, 3.63) is 66.0 Å². The van der Waals surface area contributed by atoms with E-state index in [0.717, 1.165) is 11.4 Å². The largest absolute Gasteiger partial charge is 0.324 e. The Morgan fingerprint density at radius 3 is 1.68 bits per heavy atom. The summed E-state index contributed by atoms with van der Waals surface area (Å²) in [6, 6.07) is 16.1. The number of benzene rings is 2. The second-order valence-electron chi connectivity index (χ2n) is 5.12. The van der Waals surface area contributed by atoms with Crippen molar-refractivity contribution in [2.24, 2.45) is 0 Å². The summed E-state index contributed by atoms with van der Waals surface area (Å²) in [6.45, 7) is 4.09. The van der Waals surface area contributed by atoms with Crippen LogP contribution < -0.4 is 10.6 Å². The van der Waals surface area contributed by atoms with Gasteiger partial charge in [-0.2, -0.15) is 4.98 Å². The molecule has 5 nitrogen and oxygen atoms in total. The molecule has 3 rings (SSSR count). The van der Waals surface area contributed by atoms with Gasteiger partial charge in [-0.1, -0.05) is 24.3 Å². The number of nitrogens with one attached hydrogen (secondary N) is 2. The lowest BCUT2D eigenvalue weighted by molar-refractivity contribution is 1.06. The Hall–Kier alpha value is -2.95. The Kier molecular flexibility index (Phi) is 3.96. The van der Waals surface area contributed by atoms with Gasteiger partial charge in [0.2, 0.25) is 11.9 Å². The first-order chi connectivity index (χ1) is 10.7. The third-order valence-corrected chi connectivity index (χ3v) is 3.12. The van der Waals surface area contributed by atoms with Crippen LogP contribution in [0.25, 0.3) is 0 Å². The van der Waals surface area contributed by atoms with E-state index in [2.05, 4.69) is 25.6 Å². The molecule has 0 spiro atoms. The highest BCUT2D eigenvalue weighted by atomic mass is 15.2. The SMILES string of the molecule is Cc1cccc(Nc2ncnc(Nc3cccc(C)c3)n2)c1. The maximum absolute atomic E-state index is 4.38. The number of rotatable bonds is 4. The topological polar surface area (TPSA) is 62.7 Å². The zero-order valence-electron chi connectivity index (χ0n) is 12.5. The van der Waals surface area contributed by atoms with Gasteiger partial charge in [-0.15, -0.1) is 0 Å². The molecule has 1 aromatic heterocycles. The molecule has 0 fully saturated rings. The van der Waals surface area contributed by atoms with E-state index in [1.807, 2.05) is 62.4 Å². The molecule has 0 aliphatic heterocycles. The lowest BCUT2D eigenvalue weighted by Crippen LogP contribution is -2.02. The molecule has 2 aromatic carbocycles. The highest BCUT2D eigenvalue weighted by Gasteiger charge is 2.02.